The van der Waals surface area contributed by atoms with Gasteiger partial charge in [0.1, 0.15) is 16.2 Å². The fraction of sp³-hybridized carbons (Fsp3) is 0.0536. The first-order chi connectivity index (χ1) is 29.5. The molecule has 0 saturated heterocycles. The van der Waals surface area contributed by atoms with Gasteiger partial charge in [-0.2, -0.15) is 0 Å². The highest BCUT2D eigenvalue weighted by Gasteiger charge is 2.36. The Labute approximate surface area is 352 Å². The number of hydrogen-bond donors (Lipinski definition) is 0. The predicted molar refractivity (Wildman–Crippen MR) is 253 cm³/mol. The van der Waals surface area contributed by atoms with Crippen molar-refractivity contribution < 1.29 is 4.42 Å². The summed E-state index contributed by atoms with van der Waals surface area (Å²) in [5.41, 5.74) is 16.8. The summed E-state index contributed by atoms with van der Waals surface area (Å²) in [4.78, 5) is 7.60. The van der Waals surface area contributed by atoms with E-state index in [0.717, 1.165) is 65.4 Å². The number of thiazole rings is 1. The number of fused-ring (bicyclic) bond motifs is 9. The average Bonchev–Trinajstić information content (AvgIpc) is 3.98. The molecule has 9 aromatic carbocycles. The Bertz CT molecular complexity index is 3420. The van der Waals surface area contributed by atoms with Crippen LogP contribution in [0.1, 0.15) is 25.0 Å². The molecule has 0 spiro atoms. The molecule has 0 aliphatic heterocycles. The summed E-state index contributed by atoms with van der Waals surface area (Å²) in [5.74, 6) is 0. The zero-order valence-electron chi connectivity index (χ0n) is 33.2. The van der Waals surface area contributed by atoms with Crippen LogP contribution < -0.4 is 4.90 Å². The second-order valence-electron chi connectivity index (χ2n) is 16.3. The Morgan fingerprint density at radius 1 is 0.483 bits per heavy atom. The normalized spacial score (nSPS) is 13.0. The number of hydrogen-bond acceptors (Lipinski definition) is 4. The SMILES string of the molecule is CC1(C)c2ccccc2-c2ccc(N(c3ccc(-c4ccc(-c5ccccc5)cc4)cc3)c3cc(-c4nc5ccccc5s4)cc4oc5ccc6ccccc6c5c34)cc21. The minimum atomic E-state index is -0.167. The number of para-hydroxylation sites is 1. The molecule has 4 heteroatoms. The molecule has 60 heavy (non-hydrogen) atoms. The smallest absolute Gasteiger partial charge is 0.138 e. The standard InChI is InChI=1S/C56H38N2OS/c1-56(2)46-17-9-8-16-44(46)45-30-29-42(34-47(45)56)58(41-27-24-38(25-28-41)37-22-20-36(21-23-37)35-12-4-3-5-13-35)49-32-40(55-57-48-18-10-11-19-52(48)60-55)33-51-54(49)53-43-15-7-6-14-39(43)26-31-50(53)59-51/h3-34H,1-2H3. The molecule has 0 fully saturated rings. The molecule has 2 aromatic heterocycles. The van der Waals surface area contributed by atoms with Crippen LogP contribution in [0.5, 0.6) is 0 Å². The van der Waals surface area contributed by atoms with Gasteiger partial charge in [-0.3, -0.25) is 0 Å². The van der Waals surface area contributed by atoms with E-state index in [-0.39, 0.29) is 5.41 Å². The van der Waals surface area contributed by atoms with Crippen LogP contribution >= 0.6 is 11.3 Å². The van der Waals surface area contributed by atoms with E-state index >= 15 is 0 Å². The maximum Gasteiger partial charge on any atom is 0.138 e. The largest absolute Gasteiger partial charge is 0.456 e. The molecule has 0 amide bonds. The number of anilines is 3. The zero-order chi connectivity index (χ0) is 40.0. The van der Waals surface area contributed by atoms with E-state index in [1.54, 1.807) is 11.3 Å². The van der Waals surface area contributed by atoms with Gasteiger partial charge >= 0.3 is 0 Å². The molecule has 2 heterocycles. The van der Waals surface area contributed by atoms with E-state index < -0.39 is 0 Å². The number of furan rings is 1. The fourth-order valence-corrected chi connectivity index (χ4v) is 10.4. The minimum absolute atomic E-state index is 0.167. The van der Waals surface area contributed by atoms with E-state index in [9.17, 15) is 0 Å². The molecule has 0 saturated carbocycles. The first-order valence-electron chi connectivity index (χ1n) is 20.5. The van der Waals surface area contributed by atoms with E-state index in [1.165, 1.54) is 49.7 Å². The molecule has 0 bridgehead atoms. The molecule has 12 rings (SSSR count). The summed E-state index contributed by atoms with van der Waals surface area (Å²) in [7, 11) is 0. The lowest BCUT2D eigenvalue weighted by Crippen LogP contribution is -2.16. The van der Waals surface area contributed by atoms with E-state index in [4.69, 9.17) is 9.40 Å². The highest BCUT2D eigenvalue weighted by Crippen LogP contribution is 2.52. The van der Waals surface area contributed by atoms with Gasteiger partial charge in [0.25, 0.3) is 0 Å². The van der Waals surface area contributed by atoms with Crippen LogP contribution in [0.25, 0.3) is 86.9 Å². The van der Waals surface area contributed by atoms with Crippen molar-refractivity contribution in [3.8, 4) is 44.0 Å². The van der Waals surface area contributed by atoms with Crippen molar-refractivity contribution in [2.45, 2.75) is 19.3 Å². The van der Waals surface area contributed by atoms with Gasteiger partial charge < -0.3 is 9.32 Å². The van der Waals surface area contributed by atoms with Crippen LogP contribution in [0.3, 0.4) is 0 Å². The van der Waals surface area contributed by atoms with Gasteiger partial charge in [-0.15, -0.1) is 11.3 Å². The Balaban J connectivity index is 1.10. The maximum absolute atomic E-state index is 6.88. The molecular formula is C56H38N2OS. The predicted octanol–water partition coefficient (Wildman–Crippen LogP) is 16.1. The van der Waals surface area contributed by atoms with Crippen molar-refractivity contribution >= 4 is 71.3 Å². The molecule has 0 atom stereocenters. The third kappa shape index (κ3) is 5.45. The van der Waals surface area contributed by atoms with Gasteiger partial charge in [0.2, 0.25) is 0 Å². The maximum atomic E-state index is 6.88. The quantitative estimate of drug-likeness (QED) is 0.168. The van der Waals surface area contributed by atoms with Gasteiger partial charge in [0, 0.05) is 27.7 Å². The van der Waals surface area contributed by atoms with Crippen LogP contribution in [-0.4, -0.2) is 4.98 Å². The molecule has 0 unspecified atom stereocenters. The molecule has 0 N–H and O–H groups in total. The number of benzene rings is 9. The topological polar surface area (TPSA) is 29.3 Å². The Hall–Kier alpha value is -7.27. The van der Waals surface area contributed by atoms with Crippen LogP contribution in [0.2, 0.25) is 0 Å². The second kappa shape index (κ2) is 13.4. The fourth-order valence-electron chi connectivity index (χ4n) is 9.49. The third-order valence-corrected chi connectivity index (χ3v) is 13.6. The molecule has 1 aliphatic rings. The number of aromatic nitrogens is 1. The highest BCUT2D eigenvalue weighted by atomic mass is 32.1. The summed E-state index contributed by atoms with van der Waals surface area (Å²) in [6.45, 7) is 4.71. The summed E-state index contributed by atoms with van der Waals surface area (Å²) in [6, 6.07) is 70.2. The van der Waals surface area contributed by atoms with E-state index in [0.29, 0.717) is 0 Å². The molecule has 11 aromatic rings. The lowest BCUT2D eigenvalue weighted by atomic mass is 9.82. The minimum Gasteiger partial charge on any atom is -0.456 e. The Morgan fingerprint density at radius 2 is 1.13 bits per heavy atom. The van der Waals surface area contributed by atoms with Crippen LogP contribution in [0.15, 0.2) is 199 Å². The Morgan fingerprint density at radius 3 is 1.93 bits per heavy atom. The lowest BCUT2D eigenvalue weighted by Gasteiger charge is -2.29. The lowest BCUT2D eigenvalue weighted by molar-refractivity contribution is 0.660. The summed E-state index contributed by atoms with van der Waals surface area (Å²) in [5, 5.41) is 5.50. The van der Waals surface area contributed by atoms with E-state index in [2.05, 4.69) is 213 Å². The first kappa shape index (κ1) is 34.7. The number of rotatable bonds is 6. The summed E-state index contributed by atoms with van der Waals surface area (Å²) in [6.07, 6.45) is 0. The van der Waals surface area contributed by atoms with Crippen molar-refractivity contribution in [2.75, 3.05) is 4.90 Å². The highest BCUT2D eigenvalue weighted by molar-refractivity contribution is 7.21. The van der Waals surface area contributed by atoms with Crippen molar-refractivity contribution in [3.05, 3.63) is 205 Å². The number of nitrogens with zero attached hydrogens (tertiary/aromatic N) is 2. The Kier molecular flexibility index (Phi) is 7.75. The molecule has 0 radical (unpaired) electrons. The van der Waals surface area contributed by atoms with Gasteiger partial charge in [0.15, 0.2) is 0 Å². The van der Waals surface area contributed by atoms with Crippen LogP contribution in [0, 0.1) is 0 Å². The van der Waals surface area contributed by atoms with Crippen molar-refractivity contribution in [1.29, 1.82) is 0 Å². The van der Waals surface area contributed by atoms with Crippen molar-refractivity contribution in [2.24, 2.45) is 0 Å². The van der Waals surface area contributed by atoms with Gasteiger partial charge in [0.05, 0.1) is 21.3 Å². The van der Waals surface area contributed by atoms with Crippen LogP contribution in [0.4, 0.5) is 17.1 Å². The molecular weight excluding hydrogens is 749 g/mol. The second-order valence-corrected chi connectivity index (χ2v) is 17.4. The average molecular weight is 787 g/mol. The first-order valence-corrected chi connectivity index (χ1v) is 21.3. The van der Waals surface area contributed by atoms with Gasteiger partial charge in [-0.25, -0.2) is 4.98 Å². The molecule has 3 nitrogen and oxygen atoms in total. The molecule has 284 valence electrons. The monoisotopic (exact) mass is 786 g/mol. The summed E-state index contributed by atoms with van der Waals surface area (Å²) >= 11 is 1.72. The molecule has 1 aliphatic carbocycles. The van der Waals surface area contributed by atoms with Gasteiger partial charge in [-0.1, -0.05) is 153 Å². The summed E-state index contributed by atoms with van der Waals surface area (Å²) < 4.78 is 8.04. The van der Waals surface area contributed by atoms with E-state index in [1.807, 2.05) is 0 Å². The van der Waals surface area contributed by atoms with Crippen LogP contribution in [-0.2, 0) is 5.41 Å². The third-order valence-electron chi connectivity index (χ3n) is 12.5. The van der Waals surface area contributed by atoms with Crippen molar-refractivity contribution in [1.82, 2.24) is 4.98 Å². The van der Waals surface area contributed by atoms with Crippen molar-refractivity contribution in [3.63, 3.8) is 0 Å². The zero-order valence-corrected chi connectivity index (χ0v) is 34.0. The van der Waals surface area contributed by atoms with Gasteiger partial charge in [-0.05, 0) is 110 Å².